The first-order chi connectivity index (χ1) is 14.5. The van der Waals surface area contributed by atoms with Crippen molar-refractivity contribution in [3.05, 3.63) is 77.9 Å². The van der Waals surface area contributed by atoms with Gasteiger partial charge in [0.25, 0.3) is 0 Å². The number of aliphatic hydroxyl groups is 1. The SMILES string of the molecule is COc1cc(C(C)=O)ccc1OC[C@H](O)COc1ccc(-c2ccc(C)cc2)cc1. The summed E-state index contributed by atoms with van der Waals surface area (Å²) in [5, 5.41) is 10.2. The van der Waals surface area contributed by atoms with Crippen molar-refractivity contribution >= 4 is 5.78 Å². The van der Waals surface area contributed by atoms with Crippen molar-refractivity contribution in [2.75, 3.05) is 20.3 Å². The van der Waals surface area contributed by atoms with E-state index in [1.54, 1.807) is 18.2 Å². The van der Waals surface area contributed by atoms with E-state index in [0.29, 0.717) is 22.8 Å². The number of rotatable bonds is 9. The average Bonchev–Trinajstić information content (AvgIpc) is 2.77. The lowest BCUT2D eigenvalue weighted by molar-refractivity contribution is 0.0616. The average molecular weight is 406 g/mol. The fraction of sp³-hybridized carbons (Fsp3) is 0.240. The number of carbonyl (C=O) groups excluding carboxylic acids is 1. The molecule has 0 aliphatic carbocycles. The molecule has 0 amide bonds. The van der Waals surface area contributed by atoms with Crippen LogP contribution in [0, 0.1) is 6.92 Å². The van der Waals surface area contributed by atoms with E-state index in [4.69, 9.17) is 14.2 Å². The highest BCUT2D eigenvalue weighted by molar-refractivity contribution is 5.94. The van der Waals surface area contributed by atoms with Crippen LogP contribution < -0.4 is 14.2 Å². The quantitative estimate of drug-likeness (QED) is 0.522. The number of hydrogen-bond acceptors (Lipinski definition) is 5. The molecule has 0 aliphatic rings. The topological polar surface area (TPSA) is 65.0 Å². The number of hydrogen-bond donors (Lipinski definition) is 1. The van der Waals surface area contributed by atoms with E-state index >= 15 is 0 Å². The number of Topliss-reactive ketones (excluding diaryl/α,β-unsaturated/α-hetero) is 1. The zero-order chi connectivity index (χ0) is 21.5. The molecule has 3 aromatic rings. The zero-order valence-electron chi connectivity index (χ0n) is 17.4. The Morgan fingerprint density at radius 3 is 2.07 bits per heavy atom. The molecule has 0 bridgehead atoms. The van der Waals surface area contributed by atoms with Gasteiger partial charge in [-0.25, -0.2) is 0 Å². The summed E-state index contributed by atoms with van der Waals surface area (Å²) >= 11 is 0. The smallest absolute Gasteiger partial charge is 0.161 e. The minimum absolute atomic E-state index is 0.0389. The highest BCUT2D eigenvalue weighted by Gasteiger charge is 2.12. The second kappa shape index (κ2) is 9.94. The summed E-state index contributed by atoms with van der Waals surface area (Å²) in [6.07, 6.45) is -0.820. The van der Waals surface area contributed by atoms with Gasteiger partial charge in [0, 0.05) is 5.56 Å². The summed E-state index contributed by atoms with van der Waals surface area (Å²) in [6, 6.07) is 21.0. The normalized spacial score (nSPS) is 11.6. The van der Waals surface area contributed by atoms with Crippen LogP contribution in [-0.4, -0.2) is 37.3 Å². The molecule has 0 spiro atoms. The van der Waals surface area contributed by atoms with Gasteiger partial charge >= 0.3 is 0 Å². The van der Waals surface area contributed by atoms with Gasteiger partial charge in [-0.1, -0.05) is 42.0 Å². The van der Waals surface area contributed by atoms with Crippen molar-refractivity contribution in [1.29, 1.82) is 0 Å². The lowest BCUT2D eigenvalue weighted by Gasteiger charge is -2.16. The van der Waals surface area contributed by atoms with Crippen molar-refractivity contribution in [1.82, 2.24) is 0 Å². The third-order valence-electron chi connectivity index (χ3n) is 4.68. The lowest BCUT2D eigenvalue weighted by Crippen LogP contribution is -2.25. The molecule has 3 aromatic carbocycles. The third-order valence-corrected chi connectivity index (χ3v) is 4.68. The number of ketones is 1. The van der Waals surface area contributed by atoms with Crippen LogP contribution in [0.3, 0.4) is 0 Å². The predicted octanol–water partition coefficient (Wildman–Crippen LogP) is 4.69. The second-order valence-electron chi connectivity index (χ2n) is 7.09. The number of aryl methyl sites for hydroxylation is 1. The molecule has 0 aromatic heterocycles. The van der Waals surface area contributed by atoms with Crippen molar-refractivity contribution < 1.29 is 24.1 Å². The molecule has 0 heterocycles. The van der Waals surface area contributed by atoms with Crippen molar-refractivity contribution in [2.24, 2.45) is 0 Å². The molecular weight excluding hydrogens is 380 g/mol. The van der Waals surface area contributed by atoms with Crippen LogP contribution in [0.15, 0.2) is 66.7 Å². The van der Waals surface area contributed by atoms with Gasteiger partial charge in [0.15, 0.2) is 17.3 Å². The van der Waals surface area contributed by atoms with Crippen LogP contribution in [0.25, 0.3) is 11.1 Å². The van der Waals surface area contributed by atoms with Crippen LogP contribution in [-0.2, 0) is 0 Å². The molecule has 5 heteroatoms. The Hall–Kier alpha value is -3.31. The van der Waals surface area contributed by atoms with E-state index < -0.39 is 6.10 Å². The summed E-state index contributed by atoms with van der Waals surface area (Å²) in [6.45, 7) is 3.69. The van der Waals surface area contributed by atoms with Gasteiger partial charge in [-0.3, -0.25) is 4.79 Å². The molecule has 0 fully saturated rings. The Morgan fingerprint density at radius 2 is 1.47 bits per heavy atom. The molecular formula is C25H26O5. The Bertz CT molecular complexity index is 977. The van der Waals surface area contributed by atoms with Crippen LogP contribution >= 0.6 is 0 Å². The minimum atomic E-state index is -0.820. The van der Waals surface area contributed by atoms with Gasteiger partial charge in [-0.15, -0.1) is 0 Å². The highest BCUT2D eigenvalue weighted by atomic mass is 16.5. The molecule has 5 nitrogen and oxygen atoms in total. The summed E-state index contributed by atoms with van der Waals surface area (Å²) in [7, 11) is 1.51. The first-order valence-electron chi connectivity index (χ1n) is 9.76. The summed E-state index contributed by atoms with van der Waals surface area (Å²) in [5.74, 6) is 1.53. The molecule has 0 aliphatic heterocycles. The number of aliphatic hydroxyl groups excluding tert-OH is 1. The van der Waals surface area contributed by atoms with Gasteiger partial charge in [0.1, 0.15) is 25.1 Å². The molecule has 0 unspecified atom stereocenters. The van der Waals surface area contributed by atoms with E-state index in [1.165, 1.54) is 19.6 Å². The Balaban J connectivity index is 1.51. The highest BCUT2D eigenvalue weighted by Crippen LogP contribution is 2.28. The summed E-state index contributed by atoms with van der Waals surface area (Å²) in [4.78, 5) is 11.5. The van der Waals surface area contributed by atoms with Crippen LogP contribution in [0.5, 0.6) is 17.2 Å². The second-order valence-corrected chi connectivity index (χ2v) is 7.09. The van der Waals surface area contributed by atoms with Crippen LogP contribution in [0.1, 0.15) is 22.8 Å². The standard InChI is InChI=1S/C25H26O5/c1-17-4-6-19(7-5-17)20-8-11-23(12-9-20)29-15-22(27)16-30-24-13-10-21(18(2)26)14-25(24)28-3/h4-14,22,27H,15-16H2,1-3H3/t22-/m1/s1. The van der Waals surface area contributed by atoms with E-state index in [0.717, 1.165) is 11.1 Å². The number of benzene rings is 3. The van der Waals surface area contributed by atoms with E-state index in [9.17, 15) is 9.90 Å². The molecule has 0 saturated heterocycles. The molecule has 0 saturated carbocycles. The minimum Gasteiger partial charge on any atom is -0.493 e. The molecule has 3 rings (SSSR count). The fourth-order valence-electron chi connectivity index (χ4n) is 2.92. The van der Waals surface area contributed by atoms with Gasteiger partial charge in [0.2, 0.25) is 0 Å². The molecule has 30 heavy (non-hydrogen) atoms. The number of ether oxygens (including phenoxy) is 3. The fourth-order valence-corrected chi connectivity index (χ4v) is 2.92. The Kier molecular flexibility index (Phi) is 7.09. The van der Waals surface area contributed by atoms with Crippen LogP contribution in [0.2, 0.25) is 0 Å². The van der Waals surface area contributed by atoms with Crippen molar-refractivity contribution in [3.8, 4) is 28.4 Å². The monoisotopic (exact) mass is 406 g/mol. The van der Waals surface area contributed by atoms with E-state index in [-0.39, 0.29) is 19.0 Å². The first kappa shape index (κ1) is 21.4. The van der Waals surface area contributed by atoms with Crippen molar-refractivity contribution in [3.63, 3.8) is 0 Å². The van der Waals surface area contributed by atoms with Gasteiger partial charge in [0.05, 0.1) is 7.11 Å². The Morgan fingerprint density at radius 1 is 0.867 bits per heavy atom. The maximum atomic E-state index is 11.5. The summed E-state index contributed by atoms with van der Waals surface area (Å²) < 4.78 is 16.6. The predicted molar refractivity (Wildman–Crippen MR) is 117 cm³/mol. The third kappa shape index (κ3) is 5.61. The van der Waals surface area contributed by atoms with Crippen LogP contribution in [0.4, 0.5) is 0 Å². The summed E-state index contributed by atoms with van der Waals surface area (Å²) in [5.41, 5.74) is 4.01. The van der Waals surface area contributed by atoms with Gasteiger partial charge < -0.3 is 19.3 Å². The number of methoxy groups -OCH3 is 1. The first-order valence-corrected chi connectivity index (χ1v) is 9.76. The largest absolute Gasteiger partial charge is 0.493 e. The zero-order valence-corrected chi connectivity index (χ0v) is 17.4. The van der Waals surface area contributed by atoms with Crippen molar-refractivity contribution in [2.45, 2.75) is 20.0 Å². The van der Waals surface area contributed by atoms with Gasteiger partial charge in [-0.2, -0.15) is 0 Å². The maximum absolute atomic E-state index is 11.5. The van der Waals surface area contributed by atoms with Gasteiger partial charge in [-0.05, 0) is 55.3 Å². The molecule has 1 atom stereocenters. The Labute approximate surface area is 176 Å². The maximum Gasteiger partial charge on any atom is 0.161 e. The van der Waals surface area contributed by atoms with E-state index in [2.05, 4.69) is 31.2 Å². The number of carbonyl (C=O) groups is 1. The molecule has 156 valence electrons. The molecule has 0 radical (unpaired) electrons. The van der Waals surface area contributed by atoms with E-state index in [1.807, 2.05) is 24.3 Å². The lowest BCUT2D eigenvalue weighted by atomic mass is 10.0. The molecule has 1 N–H and O–H groups in total.